The molecule has 1 unspecified atom stereocenters. The largest absolute Gasteiger partial charge is 0.383 e. The number of fused-ring (bicyclic) bond motifs is 1. The highest BCUT2D eigenvalue weighted by Crippen LogP contribution is 2.31. The lowest BCUT2D eigenvalue weighted by Gasteiger charge is -2.31. The van der Waals surface area contributed by atoms with Crippen LogP contribution in [0.3, 0.4) is 0 Å². The first kappa shape index (κ1) is 17.0. The van der Waals surface area contributed by atoms with Gasteiger partial charge in [0.05, 0.1) is 0 Å². The number of carbonyl (C=O) groups is 1. The molecule has 2 heterocycles. The fourth-order valence-electron chi connectivity index (χ4n) is 3.63. The molecule has 5 heteroatoms. The Hall–Kier alpha value is -1.88. The van der Waals surface area contributed by atoms with Crippen molar-refractivity contribution in [2.45, 2.75) is 64.1 Å². The van der Waals surface area contributed by atoms with Crippen LogP contribution in [0.15, 0.2) is 30.6 Å². The number of rotatable bonds is 5. The van der Waals surface area contributed by atoms with Crippen molar-refractivity contribution in [2.75, 3.05) is 0 Å². The first-order valence-electron chi connectivity index (χ1n) is 8.94. The molecule has 1 atom stereocenters. The molecule has 5 nitrogen and oxygen atoms in total. The van der Waals surface area contributed by atoms with Gasteiger partial charge in [0, 0.05) is 29.9 Å². The summed E-state index contributed by atoms with van der Waals surface area (Å²) in [5, 5.41) is 14.1. The molecule has 1 fully saturated rings. The van der Waals surface area contributed by atoms with Gasteiger partial charge in [-0.05, 0) is 56.2 Å². The first-order chi connectivity index (χ1) is 11.5. The van der Waals surface area contributed by atoms with Crippen molar-refractivity contribution < 1.29 is 9.90 Å². The number of pyridine rings is 1. The van der Waals surface area contributed by atoms with Crippen LogP contribution in [-0.4, -0.2) is 32.7 Å². The van der Waals surface area contributed by atoms with Gasteiger partial charge in [-0.25, -0.2) is 4.98 Å². The fraction of sp³-hybridized carbons (Fsp3) is 0.579. The summed E-state index contributed by atoms with van der Waals surface area (Å²) in [5.74, 6) is 0.0937. The molecule has 0 radical (unpaired) electrons. The number of aromatic nitrogens is 2. The van der Waals surface area contributed by atoms with Crippen LogP contribution in [0.1, 0.15) is 52.0 Å². The van der Waals surface area contributed by atoms with Gasteiger partial charge >= 0.3 is 0 Å². The summed E-state index contributed by atoms with van der Waals surface area (Å²) in [6.07, 6.45) is 7.50. The van der Waals surface area contributed by atoms with E-state index in [9.17, 15) is 9.90 Å². The van der Waals surface area contributed by atoms with Crippen LogP contribution in [0.5, 0.6) is 0 Å². The van der Waals surface area contributed by atoms with Crippen molar-refractivity contribution in [3.05, 3.63) is 30.6 Å². The van der Waals surface area contributed by atoms with Crippen LogP contribution in [0.25, 0.3) is 11.0 Å². The molecule has 2 aromatic rings. The zero-order chi connectivity index (χ0) is 17.1. The zero-order valence-electron chi connectivity index (χ0n) is 14.5. The highest BCUT2D eigenvalue weighted by Gasteiger charge is 2.26. The normalized spacial score (nSPS) is 22.7. The molecular weight excluding hydrogens is 302 g/mol. The topological polar surface area (TPSA) is 67.2 Å². The molecule has 2 aromatic heterocycles. The van der Waals surface area contributed by atoms with E-state index in [2.05, 4.69) is 33.2 Å². The summed E-state index contributed by atoms with van der Waals surface area (Å²) in [5.41, 5.74) is 1.04. The van der Waals surface area contributed by atoms with Gasteiger partial charge < -0.3 is 15.0 Å². The van der Waals surface area contributed by atoms with Crippen molar-refractivity contribution >= 4 is 16.9 Å². The van der Waals surface area contributed by atoms with E-state index in [0.717, 1.165) is 31.3 Å². The number of aliphatic hydroxyl groups is 1. The number of nitrogens with zero attached hydrogens (tertiary/aromatic N) is 2. The van der Waals surface area contributed by atoms with Crippen molar-refractivity contribution in [1.29, 1.82) is 0 Å². The van der Waals surface area contributed by atoms with Crippen molar-refractivity contribution in [3.63, 3.8) is 0 Å². The lowest BCUT2D eigenvalue weighted by atomic mass is 9.90. The van der Waals surface area contributed by atoms with Gasteiger partial charge in [-0.2, -0.15) is 0 Å². The number of hydrogen-bond donors (Lipinski definition) is 2. The molecule has 0 saturated heterocycles. The highest BCUT2D eigenvalue weighted by molar-refractivity contribution is 5.80. The van der Waals surface area contributed by atoms with E-state index in [1.54, 1.807) is 0 Å². The molecule has 0 bridgehead atoms. The Morgan fingerprint density at radius 3 is 2.79 bits per heavy atom. The van der Waals surface area contributed by atoms with Crippen LogP contribution in [0, 0.1) is 5.92 Å². The number of carbonyl (C=O) groups excluding carboxylic acids is 1. The third-order valence-electron chi connectivity index (χ3n) is 4.91. The van der Waals surface area contributed by atoms with Crippen molar-refractivity contribution in [1.82, 2.24) is 14.9 Å². The third-order valence-corrected chi connectivity index (χ3v) is 4.91. The van der Waals surface area contributed by atoms with Crippen LogP contribution in [0.4, 0.5) is 0 Å². The second-order valence-corrected chi connectivity index (χ2v) is 7.30. The fourth-order valence-corrected chi connectivity index (χ4v) is 3.63. The average Bonchev–Trinajstić information content (AvgIpc) is 2.99. The minimum Gasteiger partial charge on any atom is -0.383 e. The smallest absolute Gasteiger partial charge is 0.249 e. The molecular formula is C19H27N3O2. The van der Waals surface area contributed by atoms with Crippen LogP contribution >= 0.6 is 0 Å². The van der Waals surface area contributed by atoms with Gasteiger partial charge in [-0.1, -0.05) is 13.8 Å². The van der Waals surface area contributed by atoms with Crippen LogP contribution in [-0.2, 0) is 4.79 Å². The Bertz CT molecular complexity index is 687. The molecule has 1 aliphatic rings. The van der Waals surface area contributed by atoms with E-state index < -0.39 is 6.10 Å². The van der Waals surface area contributed by atoms with Gasteiger partial charge in [0.2, 0.25) is 5.91 Å². The molecule has 24 heavy (non-hydrogen) atoms. The molecule has 0 aliphatic heterocycles. The van der Waals surface area contributed by atoms with E-state index in [4.69, 9.17) is 0 Å². The molecule has 1 saturated carbocycles. The molecule has 0 spiro atoms. The number of hydrogen-bond acceptors (Lipinski definition) is 3. The van der Waals surface area contributed by atoms with E-state index >= 15 is 0 Å². The molecule has 2 N–H and O–H groups in total. The quantitative estimate of drug-likeness (QED) is 0.886. The van der Waals surface area contributed by atoms with E-state index in [1.165, 1.54) is 5.39 Å². The van der Waals surface area contributed by atoms with Crippen molar-refractivity contribution in [2.24, 2.45) is 5.92 Å². The predicted octanol–water partition coefficient (Wildman–Crippen LogP) is 3.04. The van der Waals surface area contributed by atoms with Gasteiger partial charge in [0.1, 0.15) is 11.8 Å². The average molecular weight is 329 g/mol. The first-order valence-corrected chi connectivity index (χ1v) is 8.94. The second kappa shape index (κ2) is 7.34. The van der Waals surface area contributed by atoms with Crippen molar-refractivity contribution in [3.8, 4) is 0 Å². The summed E-state index contributed by atoms with van der Waals surface area (Å²) in [6.45, 7) is 4.02. The number of amides is 1. The summed E-state index contributed by atoms with van der Waals surface area (Å²) < 4.78 is 2.26. The number of nitrogens with one attached hydrogen (secondary N) is 1. The third kappa shape index (κ3) is 3.78. The van der Waals surface area contributed by atoms with Gasteiger partial charge in [-0.15, -0.1) is 0 Å². The maximum Gasteiger partial charge on any atom is 0.249 e. The van der Waals surface area contributed by atoms with E-state index in [0.29, 0.717) is 18.4 Å². The maximum absolute atomic E-state index is 12.1. The molecule has 130 valence electrons. The Labute approximate surface area is 143 Å². The second-order valence-electron chi connectivity index (χ2n) is 7.30. The Morgan fingerprint density at radius 2 is 2.08 bits per heavy atom. The highest BCUT2D eigenvalue weighted by atomic mass is 16.3. The molecule has 1 aliphatic carbocycles. The van der Waals surface area contributed by atoms with Crippen LogP contribution in [0.2, 0.25) is 0 Å². The lowest BCUT2D eigenvalue weighted by Crippen LogP contribution is -2.43. The summed E-state index contributed by atoms with van der Waals surface area (Å²) >= 11 is 0. The molecule has 0 aromatic carbocycles. The van der Waals surface area contributed by atoms with E-state index in [-0.39, 0.29) is 11.9 Å². The Balaban J connectivity index is 1.55. The minimum atomic E-state index is -0.889. The predicted molar refractivity (Wildman–Crippen MR) is 94.6 cm³/mol. The summed E-state index contributed by atoms with van der Waals surface area (Å²) in [4.78, 5) is 16.6. The standard InChI is InChI=1S/C19H27N3O2/c1-13(2)12-17(23)19(24)21-15-5-7-16(8-6-15)22-11-9-14-4-3-10-20-18(14)22/h3-4,9-11,13,15-17,23H,5-8,12H2,1-2H3,(H,21,24). The zero-order valence-corrected chi connectivity index (χ0v) is 14.5. The van der Waals surface area contributed by atoms with Gasteiger partial charge in [-0.3, -0.25) is 4.79 Å². The number of aliphatic hydroxyl groups excluding tert-OH is 1. The Kier molecular flexibility index (Phi) is 5.19. The van der Waals surface area contributed by atoms with Gasteiger partial charge in [0.25, 0.3) is 0 Å². The van der Waals surface area contributed by atoms with Gasteiger partial charge in [0.15, 0.2) is 0 Å². The van der Waals surface area contributed by atoms with E-state index in [1.807, 2.05) is 26.1 Å². The van der Waals surface area contributed by atoms with Crippen LogP contribution < -0.4 is 5.32 Å². The Morgan fingerprint density at radius 1 is 1.33 bits per heavy atom. The molecule has 3 rings (SSSR count). The monoisotopic (exact) mass is 329 g/mol. The summed E-state index contributed by atoms with van der Waals surface area (Å²) in [7, 11) is 0. The maximum atomic E-state index is 12.1. The lowest BCUT2D eigenvalue weighted by molar-refractivity contribution is -0.131. The SMILES string of the molecule is CC(C)CC(O)C(=O)NC1CCC(n2ccc3cccnc32)CC1. The molecule has 1 amide bonds. The minimum absolute atomic E-state index is 0.172. The summed E-state index contributed by atoms with van der Waals surface area (Å²) in [6, 6.07) is 6.76.